The summed E-state index contributed by atoms with van der Waals surface area (Å²) in [4.78, 5) is 0. The van der Waals surface area contributed by atoms with E-state index in [1.54, 1.807) is 0 Å². The lowest BCUT2D eigenvalue weighted by atomic mass is 9.99. The molecule has 0 spiro atoms. The number of fused-ring (bicyclic) bond motifs is 1. The molecule has 2 nitrogen and oxygen atoms in total. The van der Waals surface area contributed by atoms with Gasteiger partial charge in [-0.1, -0.05) is 25.4 Å². The van der Waals surface area contributed by atoms with Crippen molar-refractivity contribution in [2.75, 3.05) is 6.61 Å². The zero-order valence-electron chi connectivity index (χ0n) is 9.39. The molecule has 1 aromatic carbocycles. The lowest BCUT2D eigenvalue weighted by Crippen LogP contribution is -2.32. The van der Waals surface area contributed by atoms with Crippen LogP contribution in [0, 0.1) is 5.82 Å². The molecule has 1 atom stereocenters. The number of ether oxygens (including phenoxy) is 1. The fourth-order valence-corrected chi connectivity index (χ4v) is 2.27. The Morgan fingerprint density at radius 2 is 2.25 bits per heavy atom. The summed E-state index contributed by atoms with van der Waals surface area (Å²) < 4.78 is 18.8. The molecule has 0 radical (unpaired) electrons. The Hall–Kier alpha value is -0.800. The van der Waals surface area contributed by atoms with Crippen LogP contribution in [-0.2, 0) is 0 Å². The van der Waals surface area contributed by atoms with Crippen LogP contribution in [0.5, 0.6) is 5.75 Å². The van der Waals surface area contributed by atoms with E-state index in [0.717, 1.165) is 12.0 Å². The standard InChI is InChI=1S/C12H15ClFNO/c1-7(2)15-11-3-4-16-12-9(11)5-8(14)6-10(12)13/h5-7,11,15H,3-4H2,1-2H3. The maximum absolute atomic E-state index is 13.3. The summed E-state index contributed by atoms with van der Waals surface area (Å²) in [6, 6.07) is 3.26. The highest BCUT2D eigenvalue weighted by atomic mass is 35.5. The Kier molecular flexibility index (Phi) is 3.36. The van der Waals surface area contributed by atoms with Gasteiger partial charge in [-0.3, -0.25) is 0 Å². The predicted molar refractivity (Wildman–Crippen MR) is 62.5 cm³/mol. The number of hydrogen-bond donors (Lipinski definition) is 1. The van der Waals surface area contributed by atoms with Crippen LogP contribution in [0.25, 0.3) is 0 Å². The molecule has 1 unspecified atom stereocenters. The molecular weight excluding hydrogens is 229 g/mol. The van der Waals surface area contributed by atoms with E-state index in [4.69, 9.17) is 16.3 Å². The topological polar surface area (TPSA) is 21.3 Å². The predicted octanol–water partition coefficient (Wildman–Crippen LogP) is 3.30. The van der Waals surface area contributed by atoms with Crippen LogP contribution in [0.4, 0.5) is 4.39 Å². The summed E-state index contributed by atoms with van der Waals surface area (Å²) in [5.74, 6) is 0.303. The minimum absolute atomic E-state index is 0.122. The van der Waals surface area contributed by atoms with Crippen molar-refractivity contribution in [3.05, 3.63) is 28.5 Å². The number of nitrogens with one attached hydrogen (secondary N) is 1. The SMILES string of the molecule is CC(C)NC1CCOc2c(Cl)cc(F)cc21. The maximum atomic E-state index is 13.3. The molecule has 0 saturated carbocycles. The van der Waals surface area contributed by atoms with Gasteiger partial charge in [0, 0.05) is 24.1 Å². The fourth-order valence-electron chi connectivity index (χ4n) is 2.00. The van der Waals surface area contributed by atoms with Crippen molar-refractivity contribution in [3.63, 3.8) is 0 Å². The normalized spacial score (nSPS) is 19.4. The molecule has 0 aromatic heterocycles. The second-order valence-electron chi connectivity index (χ2n) is 4.32. The highest BCUT2D eigenvalue weighted by molar-refractivity contribution is 6.32. The minimum atomic E-state index is -0.315. The highest BCUT2D eigenvalue weighted by Gasteiger charge is 2.24. The Morgan fingerprint density at radius 3 is 2.94 bits per heavy atom. The van der Waals surface area contributed by atoms with E-state index in [1.807, 2.05) is 0 Å². The second kappa shape index (κ2) is 4.60. The van der Waals surface area contributed by atoms with Crippen LogP contribution >= 0.6 is 11.6 Å². The first-order chi connectivity index (χ1) is 7.58. The summed E-state index contributed by atoms with van der Waals surface area (Å²) >= 11 is 5.96. The molecule has 88 valence electrons. The zero-order chi connectivity index (χ0) is 11.7. The van der Waals surface area contributed by atoms with Crippen molar-refractivity contribution in [1.29, 1.82) is 0 Å². The summed E-state index contributed by atoms with van der Waals surface area (Å²) in [7, 11) is 0. The Morgan fingerprint density at radius 1 is 1.50 bits per heavy atom. The maximum Gasteiger partial charge on any atom is 0.142 e. The quantitative estimate of drug-likeness (QED) is 0.861. The molecule has 2 rings (SSSR count). The Labute approximate surface area is 99.7 Å². The zero-order valence-corrected chi connectivity index (χ0v) is 10.1. The summed E-state index contributed by atoms with van der Waals surface area (Å²) in [5, 5.41) is 3.74. The first-order valence-corrected chi connectivity index (χ1v) is 5.83. The van der Waals surface area contributed by atoms with Crippen molar-refractivity contribution < 1.29 is 9.13 Å². The van der Waals surface area contributed by atoms with E-state index >= 15 is 0 Å². The summed E-state index contributed by atoms with van der Waals surface area (Å²) in [6.07, 6.45) is 0.838. The van der Waals surface area contributed by atoms with Crippen LogP contribution in [0.2, 0.25) is 5.02 Å². The van der Waals surface area contributed by atoms with Crippen molar-refractivity contribution >= 4 is 11.6 Å². The average Bonchev–Trinajstić information content (AvgIpc) is 2.18. The molecule has 1 N–H and O–H groups in total. The molecule has 1 heterocycles. The van der Waals surface area contributed by atoms with Gasteiger partial charge in [0.05, 0.1) is 11.6 Å². The van der Waals surface area contributed by atoms with Crippen LogP contribution in [0.3, 0.4) is 0 Å². The lowest BCUT2D eigenvalue weighted by Gasteiger charge is -2.29. The molecule has 0 aliphatic carbocycles. The summed E-state index contributed by atoms with van der Waals surface area (Å²) in [5.41, 5.74) is 0.824. The van der Waals surface area contributed by atoms with Gasteiger partial charge in [-0.2, -0.15) is 0 Å². The van der Waals surface area contributed by atoms with Crippen LogP contribution in [0.15, 0.2) is 12.1 Å². The number of halogens is 2. The third-order valence-electron chi connectivity index (χ3n) is 2.60. The smallest absolute Gasteiger partial charge is 0.142 e. The third-order valence-corrected chi connectivity index (χ3v) is 2.88. The highest BCUT2D eigenvalue weighted by Crippen LogP contribution is 2.38. The third kappa shape index (κ3) is 2.30. The number of rotatable bonds is 2. The Balaban J connectivity index is 2.37. The van der Waals surface area contributed by atoms with Gasteiger partial charge in [0.1, 0.15) is 11.6 Å². The van der Waals surface area contributed by atoms with Crippen molar-refractivity contribution in [2.45, 2.75) is 32.4 Å². The molecule has 0 amide bonds. The fraction of sp³-hybridized carbons (Fsp3) is 0.500. The van der Waals surface area contributed by atoms with Gasteiger partial charge in [0.15, 0.2) is 0 Å². The van der Waals surface area contributed by atoms with Crippen molar-refractivity contribution in [1.82, 2.24) is 5.32 Å². The van der Waals surface area contributed by atoms with Crippen LogP contribution < -0.4 is 10.1 Å². The lowest BCUT2D eigenvalue weighted by molar-refractivity contribution is 0.247. The molecule has 0 saturated heterocycles. The molecule has 0 bridgehead atoms. The molecule has 1 aliphatic heterocycles. The van der Waals surface area contributed by atoms with Crippen molar-refractivity contribution in [3.8, 4) is 5.75 Å². The van der Waals surface area contributed by atoms with E-state index < -0.39 is 0 Å². The minimum Gasteiger partial charge on any atom is -0.492 e. The molecule has 4 heteroatoms. The van der Waals surface area contributed by atoms with E-state index in [2.05, 4.69) is 19.2 Å². The van der Waals surface area contributed by atoms with E-state index in [0.29, 0.717) is 23.4 Å². The van der Waals surface area contributed by atoms with Gasteiger partial charge in [-0.05, 0) is 12.1 Å². The molecule has 1 aromatic rings. The van der Waals surface area contributed by atoms with Gasteiger partial charge in [0.2, 0.25) is 0 Å². The van der Waals surface area contributed by atoms with Gasteiger partial charge in [-0.25, -0.2) is 4.39 Å². The largest absolute Gasteiger partial charge is 0.492 e. The van der Waals surface area contributed by atoms with Gasteiger partial charge in [-0.15, -0.1) is 0 Å². The van der Waals surface area contributed by atoms with Crippen LogP contribution in [0.1, 0.15) is 31.9 Å². The van der Waals surface area contributed by atoms with Crippen molar-refractivity contribution in [2.24, 2.45) is 0 Å². The van der Waals surface area contributed by atoms with Gasteiger partial charge in [0.25, 0.3) is 0 Å². The second-order valence-corrected chi connectivity index (χ2v) is 4.72. The monoisotopic (exact) mass is 243 g/mol. The van der Waals surface area contributed by atoms with Gasteiger partial charge < -0.3 is 10.1 Å². The summed E-state index contributed by atoms with van der Waals surface area (Å²) in [6.45, 7) is 4.74. The first-order valence-electron chi connectivity index (χ1n) is 5.45. The molecule has 1 aliphatic rings. The van der Waals surface area contributed by atoms with Crippen LogP contribution in [-0.4, -0.2) is 12.6 Å². The van der Waals surface area contributed by atoms with E-state index in [9.17, 15) is 4.39 Å². The number of benzene rings is 1. The van der Waals surface area contributed by atoms with Gasteiger partial charge >= 0.3 is 0 Å². The molecule has 16 heavy (non-hydrogen) atoms. The first kappa shape index (κ1) is 11.7. The molecular formula is C12H15ClFNO. The average molecular weight is 244 g/mol. The number of hydrogen-bond acceptors (Lipinski definition) is 2. The molecule has 0 fully saturated rings. The van der Waals surface area contributed by atoms with E-state index in [1.165, 1.54) is 12.1 Å². The Bertz CT molecular complexity index is 395. The van der Waals surface area contributed by atoms with E-state index in [-0.39, 0.29) is 11.9 Å².